The largest absolute Gasteiger partial charge is 0.390 e. The highest BCUT2D eigenvalue weighted by Crippen LogP contribution is 2.39. The van der Waals surface area contributed by atoms with Gasteiger partial charge in [0.05, 0.1) is 12.2 Å². The molecule has 1 aliphatic heterocycles. The van der Waals surface area contributed by atoms with Crippen LogP contribution in [0.25, 0.3) is 0 Å². The van der Waals surface area contributed by atoms with Gasteiger partial charge >= 0.3 is 0 Å². The Morgan fingerprint density at radius 3 is 2.56 bits per heavy atom. The average molecular weight is 247 g/mol. The van der Waals surface area contributed by atoms with Crippen molar-refractivity contribution in [3.8, 4) is 0 Å². The van der Waals surface area contributed by atoms with E-state index >= 15 is 0 Å². The van der Waals surface area contributed by atoms with E-state index in [4.69, 9.17) is 0 Å². The third-order valence-corrected chi connectivity index (χ3v) is 4.12. The number of fused-ring (bicyclic) bond motifs is 1. The van der Waals surface area contributed by atoms with Crippen molar-refractivity contribution in [2.24, 2.45) is 0 Å². The molecule has 0 bridgehead atoms. The van der Waals surface area contributed by atoms with Gasteiger partial charge in [-0.3, -0.25) is 4.79 Å². The van der Waals surface area contributed by atoms with Crippen LogP contribution in [-0.4, -0.2) is 40.3 Å². The van der Waals surface area contributed by atoms with E-state index in [0.717, 1.165) is 16.7 Å². The van der Waals surface area contributed by atoms with Crippen molar-refractivity contribution in [1.29, 1.82) is 0 Å². The third-order valence-electron chi connectivity index (χ3n) is 4.12. The molecular formula is C14H17NO3. The zero-order valence-electron chi connectivity index (χ0n) is 10.3. The van der Waals surface area contributed by atoms with Crippen molar-refractivity contribution in [2.45, 2.75) is 37.5 Å². The molecule has 1 aromatic rings. The van der Waals surface area contributed by atoms with E-state index in [9.17, 15) is 15.0 Å². The summed E-state index contributed by atoms with van der Waals surface area (Å²) in [6, 6.07) is 5.76. The van der Waals surface area contributed by atoms with E-state index in [1.165, 1.54) is 0 Å². The second-order valence-corrected chi connectivity index (χ2v) is 5.34. The normalized spacial score (nSPS) is 30.9. The van der Waals surface area contributed by atoms with Crippen LogP contribution in [-0.2, 0) is 6.54 Å². The van der Waals surface area contributed by atoms with Gasteiger partial charge < -0.3 is 15.1 Å². The molecule has 2 N–H and O–H groups in total. The molecule has 0 saturated heterocycles. The predicted molar refractivity (Wildman–Crippen MR) is 66.2 cm³/mol. The lowest BCUT2D eigenvalue weighted by molar-refractivity contribution is 0.0438. The van der Waals surface area contributed by atoms with Crippen LogP contribution in [0.15, 0.2) is 18.2 Å². The van der Waals surface area contributed by atoms with Gasteiger partial charge in [-0.15, -0.1) is 0 Å². The number of carbonyl (C=O) groups is 1. The molecule has 3 rings (SSSR count). The molecule has 2 unspecified atom stereocenters. The Morgan fingerprint density at radius 2 is 1.89 bits per heavy atom. The minimum absolute atomic E-state index is 0.0611. The highest BCUT2D eigenvalue weighted by Gasteiger charge is 2.36. The first kappa shape index (κ1) is 11.7. The average Bonchev–Trinajstić information content (AvgIpc) is 2.82. The molecule has 1 fully saturated rings. The van der Waals surface area contributed by atoms with Gasteiger partial charge in [-0.2, -0.15) is 0 Å². The van der Waals surface area contributed by atoms with Crippen LogP contribution in [0.5, 0.6) is 0 Å². The molecule has 0 spiro atoms. The van der Waals surface area contributed by atoms with Gasteiger partial charge in [0, 0.05) is 19.2 Å². The van der Waals surface area contributed by atoms with E-state index in [1.54, 1.807) is 11.9 Å². The van der Waals surface area contributed by atoms with E-state index < -0.39 is 12.2 Å². The molecule has 18 heavy (non-hydrogen) atoms. The van der Waals surface area contributed by atoms with Gasteiger partial charge in [0.1, 0.15) is 0 Å². The molecule has 2 aliphatic rings. The summed E-state index contributed by atoms with van der Waals surface area (Å²) in [7, 11) is 1.80. The van der Waals surface area contributed by atoms with Crippen LogP contribution in [0.1, 0.15) is 40.2 Å². The first-order valence-electron chi connectivity index (χ1n) is 6.31. The second kappa shape index (κ2) is 4.07. The third kappa shape index (κ3) is 1.64. The summed E-state index contributed by atoms with van der Waals surface area (Å²) >= 11 is 0. The predicted octanol–water partition coefficient (Wildman–Crippen LogP) is 0.871. The number of aliphatic hydroxyl groups excluding tert-OH is 2. The number of aliphatic hydroxyl groups is 2. The number of rotatable bonds is 1. The van der Waals surface area contributed by atoms with Crippen LogP contribution in [0, 0.1) is 0 Å². The summed E-state index contributed by atoms with van der Waals surface area (Å²) in [6.07, 6.45) is -0.119. The Kier molecular flexibility index (Phi) is 2.64. The maximum atomic E-state index is 11.9. The van der Waals surface area contributed by atoms with Gasteiger partial charge in [-0.25, -0.2) is 0 Å². The van der Waals surface area contributed by atoms with Crippen LogP contribution in [0.3, 0.4) is 0 Å². The van der Waals surface area contributed by atoms with Crippen LogP contribution < -0.4 is 0 Å². The monoisotopic (exact) mass is 247 g/mol. The van der Waals surface area contributed by atoms with Crippen molar-refractivity contribution < 1.29 is 15.0 Å². The highest BCUT2D eigenvalue weighted by atomic mass is 16.3. The van der Waals surface area contributed by atoms with E-state index in [-0.39, 0.29) is 11.8 Å². The van der Waals surface area contributed by atoms with Gasteiger partial charge in [0.2, 0.25) is 0 Å². The Bertz CT molecular complexity index is 490. The molecule has 1 heterocycles. The second-order valence-electron chi connectivity index (χ2n) is 5.34. The number of hydrogen-bond acceptors (Lipinski definition) is 3. The Balaban J connectivity index is 1.98. The summed E-state index contributed by atoms with van der Waals surface area (Å²) in [6.45, 7) is 0.632. The van der Waals surface area contributed by atoms with Gasteiger partial charge in [-0.05, 0) is 36.0 Å². The van der Waals surface area contributed by atoms with Crippen LogP contribution in [0.2, 0.25) is 0 Å². The quantitative estimate of drug-likeness (QED) is 0.774. The molecule has 0 radical (unpaired) electrons. The van der Waals surface area contributed by atoms with Gasteiger partial charge in [-0.1, -0.05) is 12.1 Å². The van der Waals surface area contributed by atoms with Crippen molar-refractivity contribution in [3.63, 3.8) is 0 Å². The summed E-state index contributed by atoms with van der Waals surface area (Å²) in [5.74, 6) is 0.218. The van der Waals surface area contributed by atoms with Gasteiger partial charge in [0.15, 0.2) is 0 Å². The number of hydrogen-bond donors (Lipinski definition) is 2. The van der Waals surface area contributed by atoms with E-state index in [0.29, 0.717) is 19.4 Å². The molecule has 0 aromatic heterocycles. The van der Waals surface area contributed by atoms with Crippen molar-refractivity contribution in [1.82, 2.24) is 4.90 Å². The summed E-state index contributed by atoms with van der Waals surface area (Å²) in [5.41, 5.74) is 2.95. The Labute approximate surface area is 106 Å². The number of benzene rings is 1. The van der Waals surface area contributed by atoms with E-state index in [1.807, 2.05) is 18.2 Å². The lowest BCUT2D eigenvalue weighted by atomic mass is 9.91. The molecule has 4 heteroatoms. The lowest BCUT2D eigenvalue weighted by Crippen LogP contribution is -2.17. The van der Waals surface area contributed by atoms with Crippen LogP contribution >= 0.6 is 0 Å². The zero-order valence-corrected chi connectivity index (χ0v) is 10.3. The molecule has 1 aromatic carbocycles. The minimum Gasteiger partial charge on any atom is -0.390 e. The maximum absolute atomic E-state index is 11.9. The van der Waals surface area contributed by atoms with Crippen molar-refractivity contribution in [2.75, 3.05) is 7.05 Å². The molecule has 1 aliphatic carbocycles. The molecule has 2 atom stereocenters. The molecule has 1 amide bonds. The molecule has 96 valence electrons. The SMILES string of the molecule is CN1Cc2c(cccc2C2CC(O)C(O)C2)C1=O. The first-order chi connectivity index (χ1) is 8.58. The number of nitrogens with zero attached hydrogens (tertiary/aromatic N) is 1. The Morgan fingerprint density at radius 1 is 1.22 bits per heavy atom. The number of carbonyl (C=O) groups excluding carboxylic acids is 1. The fourth-order valence-corrected chi connectivity index (χ4v) is 3.13. The number of amides is 1. The first-order valence-corrected chi connectivity index (χ1v) is 6.31. The van der Waals surface area contributed by atoms with Crippen molar-refractivity contribution >= 4 is 5.91 Å². The minimum atomic E-state index is -0.638. The van der Waals surface area contributed by atoms with E-state index in [2.05, 4.69) is 0 Å². The molecular weight excluding hydrogens is 230 g/mol. The summed E-state index contributed by atoms with van der Waals surface area (Å²) in [4.78, 5) is 13.6. The highest BCUT2D eigenvalue weighted by molar-refractivity contribution is 5.98. The lowest BCUT2D eigenvalue weighted by Gasteiger charge is -2.14. The summed E-state index contributed by atoms with van der Waals surface area (Å²) < 4.78 is 0. The summed E-state index contributed by atoms with van der Waals surface area (Å²) in [5, 5.41) is 19.3. The maximum Gasteiger partial charge on any atom is 0.254 e. The topological polar surface area (TPSA) is 60.8 Å². The Hall–Kier alpha value is -1.39. The fraction of sp³-hybridized carbons (Fsp3) is 0.500. The smallest absolute Gasteiger partial charge is 0.254 e. The van der Waals surface area contributed by atoms with Crippen LogP contribution in [0.4, 0.5) is 0 Å². The van der Waals surface area contributed by atoms with Crippen molar-refractivity contribution in [3.05, 3.63) is 34.9 Å². The molecule has 4 nitrogen and oxygen atoms in total. The molecule has 1 saturated carbocycles. The standard InChI is InChI=1S/C14H17NO3/c1-15-7-11-9(3-2-4-10(11)14(15)18)8-5-12(16)13(17)6-8/h2-4,8,12-13,16-17H,5-7H2,1H3. The fourth-order valence-electron chi connectivity index (χ4n) is 3.13. The zero-order chi connectivity index (χ0) is 12.9. The van der Waals surface area contributed by atoms with Gasteiger partial charge in [0.25, 0.3) is 5.91 Å².